The highest BCUT2D eigenvalue weighted by atomic mass is 79.9. The van der Waals surface area contributed by atoms with Crippen molar-refractivity contribution in [3.8, 4) is 11.5 Å². The van der Waals surface area contributed by atoms with Gasteiger partial charge in [-0.2, -0.15) is 0 Å². The Morgan fingerprint density at radius 1 is 1.17 bits per heavy atom. The maximum atomic E-state index is 12.2. The van der Waals surface area contributed by atoms with E-state index in [-0.39, 0.29) is 5.91 Å². The third-order valence-corrected chi connectivity index (χ3v) is 4.45. The molecule has 8 heteroatoms. The molecule has 0 saturated carbocycles. The average molecular weight is 394 g/mol. The van der Waals surface area contributed by atoms with Crippen LogP contribution in [0.3, 0.4) is 0 Å². The Labute approximate surface area is 144 Å². The molecule has 2 heterocycles. The minimum Gasteiger partial charge on any atom is -0.493 e. The van der Waals surface area contributed by atoms with Gasteiger partial charge in [-0.1, -0.05) is 11.3 Å². The van der Waals surface area contributed by atoms with Crippen molar-refractivity contribution in [2.45, 2.75) is 0 Å². The SMILES string of the molecule is COc1cc2nc(NC(=O)c3cncc(Br)c3)sc2cc1OC. The van der Waals surface area contributed by atoms with Crippen molar-refractivity contribution >= 4 is 48.5 Å². The van der Waals surface area contributed by atoms with Crippen molar-refractivity contribution in [1.29, 1.82) is 0 Å². The Bertz CT molecular complexity index is 841. The Kier molecular flexibility index (Phi) is 4.44. The Morgan fingerprint density at radius 2 is 1.91 bits per heavy atom. The van der Waals surface area contributed by atoms with Crippen LogP contribution in [-0.2, 0) is 0 Å². The van der Waals surface area contributed by atoms with Gasteiger partial charge in [0.2, 0.25) is 0 Å². The molecule has 3 rings (SSSR count). The summed E-state index contributed by atoms with van der Waals surface area (Å²) in [5.41, 5.74) is 1.18. The van der Waals surface area contributed by atoms with E-state index in [1.807, 2.05) is 6.07 Å². The predicted molar refractivity (Wildman–Crippen MR) is 92.6 cm³/mol. The molecule has 1 aromatic carbocycles. The monoisotopic (exact) mass is 393 g/mol. The van der Waals surface area contributed by atoms with Crippen LogP contribution in [-0.4, -0.2) is 30.1 Å². The van der Waals surface area contributed by atoms with Crippen LogP contribution in [0.2, 0.25) is 0 Å². The first-order valence-electron chi connectivity index (χ1n) is 6.55. The molecule has 0 aliphatic rings. The van der Waals surface area contributed by atoms with Crippen LogP contribution in [0.1, 0.15) is 10.4 Å². The first-order chi connectivity index (χ1) is 11.1. The summed E-state index contributed by atoms with van der Waals surface area (Å²) in [6.45, 7) is 0. The molecule has 3 aromatic rings. The van der Waals surface area contributed by atoms with Gasteiger partial charge in [0, 0.05) is 29.0 Å². The zero-order valence-electron chi connectivity index (χ0n) is 12.3. The molecule has 1 N–H and O–H groups in total. The van der Waals surface area contributed by atoms with E-state index >= 15 is 0 Å². The lowest BCUT2D eigenvalue weighted by Crippen LogP contribution is -2.11. The summed E-state index contributed by atoms with van der Waals surface area (Å²) in [5.74, 6) is 0.953. The number of nitrogens with one attached hydrogen (secondary N) is 1. The van der Waals surface area contributed by atoms with E-state index in [1.165, 1.54) is 17.5 Å². The minimum absolute atomic E-state index is 0.267. The summed E-state index contributed by atoms with van der Waals surface area (Å²) in [4.78, 5) is 20.6. The third-order valence-electron chi connectivity index (χ3n) is 3.08. The molecule has 0 spiro atoms. The molecule has 0 aliphatic heterocycles. The van der Waals surface area contributed by atoms with Crippen LogP contribution in [0.5, 0.6) is 11.5 Å². The van der Waals surface area contributed by atoms with Gasteiger partial charge < -0.3 is 9.47 Å². The Hall–Kier alpha value is -2.19. The lowest BCUT2D eigenvalue weighted by Gasteiger charge is -2.05. The van der Waals surface area contributed by atoms with Crippen LogP contribution < -0.4 is 14.8 Å². The zero-order chi connectivity index (χ0) is 16.4. The van der Waals surface area contributed by atoms with Gasteiger partial charge in [-0.25, -0.2) is 4.98 Å². The second-order valence-electron chi connectivity index (χ2n) is 4.54. The molecule has 0 unspecified atom stereocenters. The fourth-order valence-corrected chi connectivity index (χ4v) is 3.25. The summed E-state index contributed by atoms with van der Waals surface area (Å²) < 4.78 is 12.2. The van der Waals surface area contributed by atoms with E-state index in [0.717, 1.165) is 14.7 Å². The number of thiazole rings is 1. The summed E-state index contributed by atoms with van der Waals surface area (Å²) in [7, 11) is 3.15. The number of carbonyl (C=O) groups is 1. The normalized spacial score (nSPS) is 10.6. The summed E-state index contributed by atoms with van der Waals surface area (Å²) >= 11 is 4.65. The lowest BCUT2D eigenvalue weighted by molar-refractivity contribution is 0.102. The molecule has 0 aliphatic carbocycles. The number of carbonyl (C=O) groups excluding carboxylic acids is 1. The van der Waals surface area contributed by atoms with Gasteiger partial charge in [-0.15, -0.1) is 0 Å². The van der Waals surface area contributed by atoms with E-state index in [0.29, 0.717) is 22.2 Å². The molecule has 2 aromatic heterocycles. The molecular formula is C15H12BrN3O3S. The van der Waals surface area contributed by atoms with E-state index in [9.17, 15) is 4.79 Å². The standard InChI is InChI=1S/C15H12BrN3O3S/c1-21-11-4-10-13(5-12(11)22-2)23-15(18-10)19-14(20)8-3-9(16)7-17-6-8/h3-7H,1-2H3,(H,18,19,20). The van der Waals surface area contributed by atoms with Crippen molar-refractivity contribution in [3.05, 3.63) is 40.6 Å². The van der Waals surface area contributed by atoms with Gasteiger partial charge in [-0.3, -0.25) is 15.1 Å². The molecule has 23 heavy (non-hydrogen) atoms. The van der Waals surface area contributed by atoms with Gasteiger partial charge in [0.15, 0.2) is 16.6 Å². The minimum atomic E-state index is -0.267. The molecule has 0 radical (unpaired) electrons. The van der Waals surface area contributed by atoms with Crippen molar-refractivity contribution < 1.29 is 14.3 Å². The first kappa shape index (κ1) is 15.7. The number of benzene rings is 1. The number of ether oxygens (including phenoxy) is 2. The molecule has 0 fully saturated rings. The fourth-order valence-electron chi connectivity index (χ4n) is 2.01. The lowest BCUT2D eigenvalue weighted by atomic mass is 10.3. The van der Waals surface area contributed by atoms with Crippen LogP contribution in [0, 0.1) is 0 Å². The number of methoxy groups -OCH3 is 2. The Morgan fingerprint density at radius 3 is 2.61 bits per heavy atom. The Balaban J connectivity index is 1.90. The highest BCUT2D eigenvalue weighted by Gasteiger charge is 2.13. The van der Waals surface area contributed by atoms with Crippen molar-refractivity contribution in [3.63, 3.8) is 0 Å². The number of halogens is 1. The summed E-state index contributed by atoms with van der Waals surface area (Å²) in [5, 5.41) is 3.28. The molecule has 118 valence electrons. The van der Waals surface area contributed by atoms with Gasteiger partial charge in [0.1, 0.15) is 0 Å². The number of anilines is 1. The molecule has 1 amide bonds. The second kappa shape index (κ2) is 6.51. The van der Waals surface area contributed by atoms with Crippen LogP contribution in [0.4, 0.5) is 5.13 Å². The highest BCUT2D eigenvalue weighted by Crippen LogP contribution is 2.36. The molecule has 0 saturated heterocycles. The highest BCUT2D eigenvalue weighted by molar-refractivity contribution is 9.10. The quantitative estimate of drug-likeness (QED) is 0.730. The number of hydrogen-bond acceptors (Lipinski definition) is 6. The average Bonchev–Trinajstić information content (AvgIpc) is 2.94. The number of fused-ring (bicyclic) bond motifs is 1. The van der Waals surface area contributed by atoms with Crippen molar-refractivity contribution in [2.24, 2.45) is 0 Å². The van der Waals surface area contributed by atoms with E-state index in [2.05, 4.69) is 31.2 Å². The first-order valence-corrected chi connectivity index (χ1v) is 8.16. The predicted octanol–water partition coefficient (Wildman–Crippen LogP) is 3.72. The van der Waals surface area contributed by atoms with Crippen LogP contribution >= 0.6 is 27.3 Å². The molecule has 0 bridgehead atoms. The van der Waals surface area contributed by atoms with Crippen LogP contribution in [0.25, 0.3) is 10.2 Å². The number of nitrogens with zero attached hydrogens (tertiary/aromatic N) is 2. The fraction of sp³-hybridized carbons (Fsp3) is 0.133. The van der Waals surface area contributed by atoms with Gasteiger partial charge >= 0.3 is 0 Å². The molecule has 0 atom stereocenters. The maximum absolute atomic E-state index is 12.2. The number of amides is 1. The van der Waals surface area contributed by atoms with Gasteiger partial charge in [-0.05, 0) is 22.0 Å². The maximum Gasteiger partial charge on any atom is 0.259 e. The van der Waals surface area contributed by atoms with Crippen molar-refractivity contribution in [1.82, 2.24) is 9.97 Å². The smallest absolute Gasteiger partial charge is 0.259 e. The zero-order valence-corrected chi connectivity index (χ0v) is 14.7. The van der Waals surface area contributed by atoms with Crippen molar-refractivity contribution in [2.75, 3.05) is 19.5 Å². The largest absolute Gasteiger partial charge is 0.493 e. The van der Waals surface area contributed by atoms with Gasteiger partial charge in [0.05, 0.1) is 30.0 Å². The third kappa shape index (κ3) is 3.27. The van der Waals surface area contributed by atoms with E-state index < -0.39 is 0 Å². The van der Waals surface area contributed by atoms with Gasteiger partial charge in [0.25, 0.3) is 5.91 Å². The van der Waals surface area contributed by atoms with E-state index in [4.69, 9.17) is 9.47 Å². The second-order valence-corrected chi connectivity index (χ2v) is 6.49. The molecular weight excluding hydrogens is 382 g/mol. The number of hydrogen-bond donors (Lipinski definition) is 1. The number of aromatic nitrogens is 2. The topological polar surface area (TPSA) is 73.3 Å². The number of pyridine rings is 1. The van der Waals surface area contributed by atoms with E-state index in [1.54, 1.807) is 32.5 Å². The molecule has 6 nitrogen and oxygen atoms in total. The summed E-state index contributed by atoms with van der Waals surface area (Å²) in [6.07, 6.45) is 3.12. The summed E-state index contributed by atoms with van der Waals surface area (Å²) in [6, 6.07) is 5.31. The number of rotatable bonds is 4. The van der Waals surface area contributed by atoms with Crippen LogP contribution in [0.15, 0.2) is 35.1 Å².